The first-order chi connectivity index (χ1) is 10.1. The number of rotatable bonds is 3. The molecule has 1 aliphatic heterocycles. The molecule has 3 rings (SSSR count). The van der Waals surface area contributed by atoms with Crippen molar-refractivity contribution in [3.8, 4) is 0 Å². The molecule has 3 unspecified atom stereocenters. The first kappa shape index (κ1) is 15.3. The molecular weight excluding hydrogens is 289 g/mol. The van der Waals surface area contributed by atoms with Crippen LogP contribution in [0.15, 0.2) is 18.2 Å². The van der Waals surface area contributed by atoms with Gasteiger partial charge >= 0.3 is 0 Å². The van der Waals surface area contributed by atoms with Gasteiger partial charge in [0.2, 0.25) is 0 Å². The summed E-state index contributed by atoms with van der Waals surface area (Å²) in [5, 5.41) is 10.5. The summed E-state index contributed by atoms with van der Waals surface area (Å²) >= 11 is 5.75. The molecule has 2 nitrogen and oxygen atoms in total. The summed E-state index contributed by atoms with van der Waals surface area (Å²) in [5.74, 6) is 0.0426. The van der Waals surface area contributed by atoms with Crippen LogP contribution in [0.3, 0.4) is 0 Å². The van der Waals surface area contributed by atoms with Crippen molar-refractivity contribution in [2.24, 2.45) is 5.92 Å². The Balaban J connectivity index is 1.70. The standard InChI is InChI=1S/C17H23ClFNO/c18-14-8-7-12(10-15(14)19)11-20-9-3-5-16(20)13-4-1-2-6-17(13)21/h7-8,10,13,16-17,21H,1-6,9,11H2. The topological polar surface area (TPSA) is 23.5 Å². The van der Waals surface area contributed by atoms with Crippen LogP contribution < -0.4 is 0 Å². The van der Waals surface area contributed by atoms with E-state index < -0.39 is 0 Å². The number of benzene rings is 1. The highest BCUT2D eigenvalue weighted by atomic mass is 35.5. The van der Waals surface area contributed by atoms with Gasteiger partial charge in [0, 0.05) is 18.5 Å². The second-order valence-corrected chi connectivity index (χ2v) is 6.85. The molecule has 2 fully saturated rings. The van der Waals surface area contributed by atoms with Gasteiger partial charge in [0.1, 0.15) is 5.82 Å². The van der Waals surface area contributed by atoms with Gasteiger partial charge < -0.3 is 5.11 Å². The lowest BCUT2D eigenvalue weighted by Gasteiger charge is -2.37. The fraction of sp³-hybridized carbons (Fsp3) is 0.647. The van der Waals surface area contributed by atoms with Crippen molar-refractivity contribution in [2.45, 2.75) is 57.2 Å². The van der Waals surface area contributed by atoms with Gasteiger partial charge in [-0.25, -0.2) is 4.39 Å². The minimum atomic E-state index is -0.345. The van der Waals surface area contributed by atoms with Gasteiger partial charge in [-0.2, -0.15) is 0 Å². The van der Waals surface area contributed by atoms with E-state index in [9.17, 15) is 9.50 Å². The molecular formula is C17H23ClFNO. The van der Waals surface area contributed by atoms with Crippen LogP contribution in [-0.2, 0) is 6.54 Å². The SMILES string of the molecule is OC1CCCCC1C1CCCN1Cc1ccc(Cl)c(F)c1. The molecule has 4 heteroatoms. The van der Waals surface area contributed by atoms with Crippen molar-refractivity contribution in [3.63, 3.8) is 0 Å². The first-order valence-electron chi connectivity index (χ1n) is 8.01. The van der Waals surface area contributed by atoms with E-state index in [1.165, 1.54) is 18.9 Å². The van der Waals surface area contributed by atoms with E-state index >= 15 is 0 Å². The Morgan fingerprint density at radius 3 is 2.76 bits per heavy atom. The number of aliphatic hydroxyl groups excluding tert-OH is 1. The van der Waals surface area contributed by atoms with E-state index in [0.717, 1.165) is 44.3 Å². The summed E-state index contributed by atoms with van der Waals surface area (Å²) in [6, 6.07) is 5.51. The van der Waals surface area contributed by atoms with E-state index in [2.05, 4.69) is 4.90 Å². The van der Waals surface area contributed by atoms with Gasteiger partial charge in [0.05, 0.1) is 11.1 Å². The molecule has 1 N–H and O–H groups in total. The molecule has 0 amide bonds. The number of likely N-dealkylation sites (tertiary alicyclic amines) is 1. The molecule has 0 radical (unpaired) electrons. The number of hydrogen-bond donors (Lipinski definition) is 1. The molecule has 0 aromatic heterocycles. The van der Waals surface area contributed by atoms with Crippen LogP contribution in [0.5, 0.6) is 0 Å². The van der Waals surface area contributed by atoms with Gasteiger partial charge in [-0.3, -0.25) is 4.90 Å². The normalized spacial score (nSPS) is 30.7. The molecule has 3 atom stereocenters. The van der Waals surface area contributed by atoms with Crippen LogP contribution >= 0.6 is 11.6 Å². The third-order valence-corrected chi connectivity index (χ3v) is 5.37. The molecule has 2 aliphatic rings. The van der Waals surface area contributed by atoms with Crippen molar-refractivity contribution in [2.75, 3.05) is 6.54 Å². The molecule has 0 spiro atoms. The second kappa shape index (κ2) is 6.64. The molecule has 1 aliphatic carbocycles. The quantitative estimate of drug-likeness (QED) is 0.912. The highest BCUT2D eigenvalue weighted by Crippen LogP contribution is 2.35. The van der Waals surface area contributed by atoms with E-state index in [4.69, 9.17) is 11.6 Å². The molecule has 1 saturated carbocycles. The Morgan fingerprint density at radius 1 is 1.19 bits per heavy atom. The predicted molar refractivity (Wildman–Crippen MR) is 82.8 cm³/mol. The van der Waals surface area contributed by atoms with Crippen LogP contribution in [0, 0.1) is 11.7 Å². The molecule has 21 heavy (non-hydrogen) atoms. The maximum atomic E-state index is 13.6. The largest absolute Gasteiger partial charge is 0.393 e. The summed E-state index contributed by atoms with van der Waals surface area (Å²) in [6.45, 7) is 1.79. The summed E-state index contributed by atoms with van der Waals surface area (Å²) in [5.41, 5.74) is 0.967. The molecule has 1 heterocycles. The molecule has 1 aromatic rings. The minimum Gasteiger partial charge on any atom is -0.393 e. The van der Waals surface area contributed by atoms with Gasteiger partial charge in [-0.05, 0) is 49.9 Å². The van der Waals surface area contributed by atoms with Crippen molar-refractivity contribution < 1.29 is 9.50 Å². The number of hydrogen-bond acceptors (Lipinski definition) is 2. The Labute approximate surface area is 130 Å². The maximum absolute atomic E-state index is 13.6. The average molecular weight is 312 g/mol. The first-order valence-corrected chi connectivity index (χ1v) is 8.39. The predicted octanol–water partition coefficient (Wildman–Crippen LogP) is 3.99. The van der Waals surface area contributed by atoms with Crippen molar-refractivity contribution in [1.29, 1.82) is 0 Å². The van der Waals surface area contributed by atoms with Gasteiger partial charge in [0.25, 0.3) is 0 Å². The molecule has 0 bridgehead atoms. The average Bonchev–Trinajstić information content (AvgIpc) is 2.91. The van der Waals surface area contributed by atoms with Gasteiger partial charge in [-0.1, -0.05) is 30.5 Å². The summed E-state index contributed by atoms with van der Waals surface area (Å²) in [6.07, 6.45) is 6.59. The highest BCUT2D eigenvalue weighted by Gasteiger charge is 2.36. The zero-order valence-electron chi connectivity index (χ0n) is 12.3. The van der Waals surface area contributed by atoms with E-state index in [1.54, 1.807) is 6.07 Å². The van der Waals surface area contributed by atoms with Crippen LogP contribution in [0.2, 0.25) is 5.02 Å². The minimum absolute atomic E-state index is 0.161. The smallest absolute Gasteiger partial charge is 0.142 e. The lowest BCUT2D eigenvalue weighted by molar-refractivity contribution is 0.0201. The zero-order valence-corrected chi connectivity index (χ0v) is 13.0. The van der Waals surface area contributed by atoms with Crippen molar-refractivity contribution >= 4 is 11.6 Å². The highest BCUT2D eigenvalue weighted by molar-refractivity contribution is 6.30. The zero-order chi connectivity index (χ0) is 14.8. The number of nitrogens with zero attached hydrogens (tertiary/aromatic N) is 1. The molecule has 116 valence electrons. The third kappa shape index (κ3) is 3.41. The van der Waals surface area contributed by atoms with E-state index in [1.807, 2.05) is 6.07 Å². The number of aliphatic hydroxyl groups is 1. The Bertz CT molecular complexity index is 496. The van der Waals surface area contributed by atoms with Crippen LogP contribution in [0.4, 0.5) is 4.39 Å². The van der Waals surface area contributed by atoms with Crippen LogP contribution in [-0.4, -0.2) is 28.7 Å². The number of halogens is 2. The van der Waals surface area contributed by atoms with E-state index in [-0.39, 0.29) is 16.9 Å². The lowest BCUT2D eigenvalue weighted by atomic mass is 9.80. The molecule has 1 aromatic carbocycles. The third-order valence-electron chi connectivity index (χ3n) is 5.06. The van der Waals surface area contributed by atoms with Gasteiger partial charge in [0.15, 0.2) is 0 Å². The fourth-order valence-corrected chi connectivity index (χ4v) is 4.11. The summed E-state index contributed by atoms with van der Waals surface area (Å²) in [7, 11) is 0. The van der Waals surface area contributed by atoms with Crippen molar-refractivity contribution in [1.82, 2.24) is 4.90 Å². The maximum Gasteiger partial charge on any atom is 0.142 e. The Hall–Kier alpha value is -0.640. The second-order valence-electron chi connectivity index (χ2n) is 6.44. The van der Waals surface area contributed by atoms with E-state index in [0.29, 0.717) is 12.0 Å². The van der Waals surface area contributed by atoms with Gasteiger partial charge in [-0.15, -0.1) is 0 Å². The Morgan fingerprint density at radius 2 is 2.00 bits per heavy atom. The molecule has 1 saturated heterocycles. The lowest BCUT2D eigenvalue weighted by Crippen LogP contribution is -2.42. The Kier molecular flexibility index (Phi) is 4.82. The summed E-state index contributed by atoms with van der Waals surface area (Å²) in [4.78, 5) is 2.42. The fourth-order valence-electron chi connectivity index (χ4n) is 3.99. The van der Waals surface area contributed by atoms with Crippen LogP contribution in [0.1, 0.15) is 44.1 Å². The summed E-state index contributed by atoms with van der Waals surface area (Å²) < 4.78 is 13.6. The van der Waals surface area contributed by atoms with Crippen LogP contribution in [0.25, 0.3) is 0 Å². The monoisotopic (exact) mass is 311 g/mol. The van der Waals surface area contributed by atoms with Crippen molar-refractivity contribution in [3.05, 3.63) is 34.6 Å².